The van der Waals surface area contributed by atoms with Crippen LogP contribution in [0.3, 0.4) is 0 Å². The molecule has 0 bridgehead atoms. The number of aromatic nitrogens is 2. The molecule has 0 saturated heterocycles. The number of nitrogens with one attached hydrogen (secondary N) is 1. The molecule has 4 heteroatoms. The zero-order chi connectivity index (χ0) is 20.9. The standard InChI is InChI=1S/C27H23N3O/c1-29-14-12-20-21(8-5-9-26(20)29)27(31)30-15-13-25-23(17-30)22-16-19(10-11-24(22)28-25)18-6-3-2-4-7-18/h2-12,14,16,28H,13,15,17H2,1H3. The number of benzene rings is 3. The van der Waals surface area contributed by atoms with Crippen LogP contribution < -0.4 is 0 Å². The molecule has 1 N–H and O–H groups in total. The van der Waals surface area contributed by atoms with Crippen LogP contribution >= 0.6 is 0 Å². The fourth-order valence-electron chi connectivity index (χ4n) is 4.86. The van der Waals surface area contributed by atoms with Crippen molar-refractivity contribution < 1.29 is 4.79 Å². The van der Waals surface area contributed by atoms with Gasteiger partial charge in [0.15, 0.2) is 0 Å². The van der Waals surface area contributed by atoms with Crippen molar-refractivity contribution in [2.45, 2.75) is 13.0 Å². The summed E-state index contributed by atoms with van der Waals surface area (Å²) in [5.74, 6) is 0.107. The molecule has 1 aliphatic rings. The number of H-pyrrole nitrogens is 1. The van der Waals surface area contributed by atoms with Crippen molar-refractivity contribution in [3.63, 3.8) is 0 Å². The van der Waals surface area contributed by atoms with Crippen LogP contribution in [-0.4, -0.2) is 26.9 Å². The molecule has 5 aromatic rings. The summed E-state index contributed by atoms with van der Waals surface area (Å²) in [4.78, 5) is 19.1. The molecule has 6 rings (SSSR count). The summed E-state index contributed by atoms with van der Waals surface area (Å²) in [6, 6.07) is 25.0. The van der Waals surface area contributed by atoms with Gasteiger partial charge >= 0.3 is 0 Å². The molecular weight excluding hydrogens is 382 g/mol. The molecule has 0 spiro atoms. The molecule has 0 unspecified atom stereocenters. The first-order valence-corrected chi connectivity index (χ1v) is 10.7. The third kappa shape index (κ3) is 2.87. The van der Waals surface area contributed by atoms with E-state index in [0.29, 0.717) is 6.54 Å². The Hall–Kier alpha value is -3.79. The van der Waals surface area contributed by atoms with Gasteiger partial charge in [-0.25, -0.2) is 0 Å². The molecule has 31 heavy (non-hydrogen) atoms. The average Bonchev–Trinajstić information content (AvgIpc) is 3.38. The van der Waals surface area contributed by atoms with Gasteiger partial charge in [-0.05, 0) is 41.5 Å². The fourth-order valence-corrected chi connectivity index (χ4v) is 4.86. The number of hydrogen-bond donors (Lipinski definition) is 1. The van der Waals surface area contributed by atoms with E-state index in [9.17, 15) is 4.79 Å². The number of nitrogens with zero attached hydrogens (tertiary/aromatic N) is 2. The Labute approximate surface area is 180 Å². The molecule has 1 aliphatic heterocycles. The predicted molar refractivity (Wildman–Crippen MR) is 125 cm³/mol. The summed E-state index contributed by atoms with van der Waals surface area (Å²) in [5, 5.41) is 2.23. The van der Waals surface area contributed by atoms with Crippen LogP contribution in [0.2, 0.25) is 0 Å². The number of carbonyl (C=O) groups excluding carboxylic acids is 1. The molecule has 2 aromatic heterocycles. The number of aryl methyl sites for hydroxylation is 1. The fraction of sp³-hybridized carbons (Fsp3) is 0.148. The van der Waals surface area contributed by atoms with Gasteiger partial charge in [-0.3, -0.25) is 4.79 Å². The van der Waals surface area contributed by atoms with E-state index >= 15 is 0 Å². The van der Waals surface area contributed by atoms with E-state index in [-0.39, 0.29) is 5.91 Å². The van der Waals surface area contributed by atoms with Gasteiger partial charge in [0.1, 0.15) is 0 Å². The van der Waals surface area contributed by atoms with Crippen LogP contribution in [0.4, 0.5) is 0 Å². The first-order valence-electron chi connectivity index (χ1n) is 10.7. The third-order valence-electron chi connectivity index (χ3n) is 6.53. The normalized spacial score (nSPS) is 13.6. The second kappa shape index (κ2) is 6.88. The number of amides is 1. The van der Waals surface area contributed by atoms with Crippen LogP contribution in [0.15, 0.2) is 79.0 Å². The quantitative estimate of drug-likeness (QED) is 0.412. The number of hydrogen-bond acceptors (Lipinski definition) is 1. The lowest BCUT2D eigenvalue weighted by molar-refractivity contribution is 0.0737. The summed E-state index contributed by atoms with van der Waals surface area (Å²) < 4.78 is 2.06. The van der Waals surface area contributed by atoms with Gasteiger partial charge < -0.3 is 14.5 Å². The highest BCUT2D eigenvalue weighted by Crippen LogP contribution is 2.32. The molecule has 0 radical (unpaired) electrons. The summed E-state index contributed by atoms with van der Waals surface area (Å²) in [7, 11) is 2.01. The summed E-state index contributed by atoms with van der Waals surface area (Å²) in [5.41, 5.74) is 7.92. The molecule has 3 aromatic carbocycles. The molecular formula is C27H23N3O. The van der Waals surface area contributed by atoms with E-state index in [1.165, 1.54) is 27.8 Å². The molecule has 0 saturated carbocycles. The van der Waals surface area contributed by atoms with Gasteiger partial charge in [0, 0.05) is 71.4 Å². The van der Waals surface area contributed by atoms with Gasteiger partial charge in [-0.2, -0.15) is 0 Å². The summed E-state index contributed by atoms with van der Waals surface area (Å²) in [6.45, 7) is 1.36. The lowest BCUT2D eigenvalue weighted by Gasteiger charge is -2.27. The first-order chi connectivity index (χ1) is 15.2. The predicted octanol–water partition coefficient (Wildman–Crippen LogP) is 5.53. The van der Waals surface area contributed by atoms with E-state index < -0.39 is 0 Å². The van der Waals surface area contributed by atoms with Crippen LogP contribution in [0.5, 0.6) is 0 Å². The van der Waals surface area contributed by atoms with Gasteiger partial charge in [0.05, 0.1) is 0 Å². The molecule has 1 amide bonds. The Bertz CT molecular complexity index is 1440. The minimum absolute atomic E-state index is 0.107. The first kappa shape index (κ1) is 18.0. The smallest absolute Gasteiger partial charge is 0.254 e. The highest BCUT2D eigenvalue weighted by molar-refractivity contribution is 6.06. The Morgan fingerprint density at radius 2 is 1.77 bits per heavy atom. The van der Waals surface area contributed by atoms with E-state index in [4.69, 9.17) is 0 Å². The van der Waals surface area contributed by atoms with E-state index in [2.05, 4.69) is 58.1 Å². The van der Waals surface area contributed by atoms with Crippen LogP contribution in [-0.2, 0) is 20.0 Å². The minimum atomic E-state index is 0.107. The van der Waals surface area contributed by atoms with Crippen molar-refractivity contribution in [3.05, 3.63) is 95.8 Å². The molecule has 0 fully saturated rings. The Balaban J connectivity index is 1.38. The van der Waals surface area contributed by atoms with Crippen molar-refractivity contribution in [2.24, 2.45) is 7.05 Å². The largest absolute Gasteiger partial charge is 0.358 e. The minimum Gasteiger partial charge on any atom is -0.358 e. The Kier molecular flexibility index (Phi) is 4.00. The highest BCUT2D eigenvalue weighted by Gasteiger charge is 2.26. The second-order valence-corrected chi connectivity index (χ2v) is 8.35. The second-order valence-electron chi connectivity index (χ2n) is 8.35. The van der Waals surface area contributed by atoms with Crippen molar-refractivity contribution in [1.29, 1.82) is 0 Å². The third-order valence-corrected chi connectivity index (χ3v) is 6.53. The maximum Gasteiger partial charge on any atom is 0.254 e. The molecule has 4 nitrogen and oxygen atoms in total. The van der Waals surface area contributed by atoms with E-state index in [1.54, 1.807) is 0 Å². The van der Waals surface area contributed by atoms with Gasteiger partial charge in [0.25, 0.3) is 5.91 Å². The van der Waals surface area contributed by atoms with Crippen molar-refractivity contribution in [3.8, 4) is 11.1 Å². The Morgan fingerprint density at radius 3 is 2.65 bits per heavy atom. The lowest BCUT2D eigenvalue weighted by Crippen LogP contribution is -2.35. The number of fused-ring (bicyclic) bond motifs is 4. The zero-order valence-corrected chi connectivity index (χ0v) is 17.4. The molecule has 3 heterocycles. The Morgan fingerprint density at radius 1 is 0.903 bits per heavy atom. The van der Waals surface area contributed by atoms with Crippen molar-refractivity contribution in [1.82, 2.24) is 14.5 Å². The number of aromatic amines is 1. The zero-order valence-electron chi connectivity index (χ0n) is 17.4. The summed E-state index contributed by atoms with van der Waals surface area (Å²) >= 11 is 0. The van der Waals surface area contributed by atoms with E-state index in [1.807, 2.05) is 42.4 Å². The number of carbonyl (C=O) groups is 1. The van der Waals surface area contributed by atoms with Crippen LogP contribution in [0.25, 0.3) is 32.9 Å². The maximum absolute atomic E-state index is 13.5. The van der Waals surface area contributed by atoms with E-state index in [0.717, 1.165) is 34.9 Å². The average molecular weight is 406 g/mol. The van der Waals surface area contributed by atoms with Crippen LogP contribution in [0, 0.1) is 0 Å². The highest BCUT2D eigenvalue weighted by atomic mass is 16.2. The van der Waals surface area contributed by atoms with Gasteiger partial charge in [-0.15, -0.1) is 0 Å². The van der Waals surface area contributed by atoms with Gasteiger partial charge in [-0.1, -0.05) is 42.5 Å². The monoisotopic (exact) mass is 405 g/mol. The maximum atomic E-state index is 13.5. The number of rotatable bonds is 2. The van der Waals surface area contributed by atoms with Crippen molar-refractivity contribution >= 4 is 27.7 Å². The molecule has 152 valence electrons. The van der Waals surface area contributed by atoms with Crippen LogP contribution in [0.1, 0.15) is 21.6 Å². The van der Waals surface area contributed by atoms with Gasteiger partial charge in [0.2, 0.25) is 0 Å². The molecule has 0 atom stereocenters. The summed E-state index contributed by atoms with van der Waals surface area (Å²) in [6.07, 6.45) is 2.86. The topological polar surface area (TPSA) is 41.0 Å². The SMILES string of the molecule is Cn1ccc2c(C(=O)N3CCc4[nH]c5ccc(-c6ccccc6)cc5c4C3)cccc21. The molecule has 0 aliphatic carbocycles. The van der Waals surface area contributed by atoms with Crippen molar-refractivity contribution in [2.75, 3.05) is 6.54 Å². The lowest BCUT2D eigenvalue weighted by atomic mass is 9.99.